The monoisotopic (exact) mass is 318 g/mol. The third kappa shape index (κ3) is 3.67. The van der Waals surface area contributed by atoms with Gasteiger partial charge in [-0.2, -0.15) is 0 Å². The number of ether oxygens (including phenoxy) is 3. The van der Waals surface area contributed by atoms with E-state index in [4.69, 9.17) is 14.2 Å². The van der Waals surface area contributed by atoms with Crippen LogP contribution < -0.4 is 0 Å². The van der Waals surface area contributed by atoms with E-state index in [2.05, 4.69) is 6.07 Å². The summed E-state index contributed by atoms with van der Waals surface area (Å²) >= 11 is 1.64. The molecule has 1 aromatic heterocycles. The summed E-state index contributed by atoms with van der Waals surface area (Å²) in [5.74, 6) is 0. The number of hydrogen-bond acceptors (Lipinski definition) is 5. The van der Waals surface area contributed by atoms with Gasteiger partial charge in [0.05, 0.1) is 6.61 Å². The fourth-order valence-corrected chi connectivity index (χ4v) is 3.35. The molecule has 1 atom stereocenters. The highest BCUT2D eigenvalue weighted by atomic mass is 32.1. The molecule has 0 N–H and O–H groups in total. The molecule has 0 amide bonds. The Bertz CT molecular complexity index is 632. The molecule has 4 nitrogen and oxygen atoms in total. The molecule has 0 bridgehead atoms. The van der Waals surface area contributed by atoms with Crippen molar-refractivity contribution in [2.75, 3.05) is 13.2 Å². The largest absolute Gasteiger partial charge is 0.508 e. The van der Waals surface area contributed by atoms with E-state index in [0.29, 0.717) is 6.61 Å². The summed E-state index contributed by atoms with van der Waals surface area (Å²) in [6, 6.07) is 9.94. The van der Waals surface area contributed by atoms with Crippen molar-refractivity contribution >= 4 is 17.5 Å². The van der Waals surface area contributed by atoms with Crippen LogP contribution in [0.1, 0.15) is 27.7 Å². The predicted molar refractivity (Wildman–Crippen MR) is 84.0 cm³/mol. The van der Waals surface area contributed by atoms with Gasteiger partial charge in [-0.3, -0.25) is 0 Å². The SMILES string of the molecule is Cc1ccc(COC(=O)OC[C@@H]2OCCc3ccsc32)cc1. The first-order chi connectivity index (χ1) is 10.7. The van der Waals surface area contributed by atoms with Gasteiger partial charge in [-0.25, -0.2) is 4.79 Å². The van der Waals surface area contributed by atoms with Crippen LogP contribution in [0.15, 0.2) is 35.7 Å². The van der Waals surface area contributed by atoms with Crippen LogP contribution >= 0.6 is 11.3 Å². The van der Waals surface area contributed by atoms with Crippen molar-refractivity contribution in [3.8, 4) is 0 Å². The number of hydrogen-bond donors (Lipinski definition) is 0. The smallest absolute Gasteiger partial charge is 0.431 e. The van der Waals surface area contributed by atoms with Gasteiger partial charge in [0.15, 0.2) is 0 Å². The first kappa shape index (κ1) is 15.1. The Hall–Kier alpha value is -1.85. The summed E-state index contributed by atoms with van der Waals surface area (Å²) in [7, 11) is 0. The fraction of sp³-hybridized carbons (Fsp3) is 0.353. The van der Waals surface area contributed by atoms with Crippen LogP contribution in [0.3, 0.4) is 0 Å². The van der Waals surface area contributed by atoms with E-state index in [0.717, 1.165) is 16.9 Å². The summed E-state index contributed by atoms with van der Waals surface area (Å²) in [5.41, 5.74) is 3.41. The van der Waals surface area contributed by atoms with Gasteiger partial charge in [0.1, 0.15) is 19.3 Å². The highest BCUT2D eigenvalue weighted by Crippen LogP contribution is 2.31. The van der Waals surface area contributed by atoms with Crippen LogP contribution in [0.5, 0.6) is 0 Å². The number of aryl methyl sites for hydroxylation is 1. The van der Waals surface area contributed by atoms with Crippen LogP contribution in [0.4, 0.5) is 4.79 Å². The summed E-state index contributed by atoms with van der Waals surface area (Å²) in [6.45, 7) is 3.09. The number of rotatable bonds is 4. The number of carbonyl (C=O) groups is 1. The quantitative estimate of drug-likeness (QED) is 0.799. The molecule has 0 saturated carbocycles. The van der Waals surface area contributed by atoms with E-state index in [1.165, 1.54) is 11.1 Å². The normalized spacial score (nSPS) is 16.9. The minimum Gasteiger partial charge on any atom is -0.431 e. The lowest BCUT2D eigenvalue weighted by molar-refractivity contribution is -0.0233. The van der Waals surface area contributed by atoms with Crippen LogP contribution in [-0.2, 0) is 27.2 Å². The zero-order valence-electron chi connectivity index (χ0n) is 12.4. The molecule has 1 aliphatic heterocycles. The van der Waals surface area contributed by atoms with Gasteiger partial charge < -0.3 is 14.2 Å². The fourth-order valence-electron chi connectivity index (χ4n) is 2.36. The summed E-state index contributed by atoms with van der Waals surface area (Å²) in [5, 5.41) is 2.04. The first-order valence-corrected chi connectivity index (χ1v) is 8.13. The van der Waals surface area contributed by atoms with Gasteiger partial charge in [0.25, 0.3) is 0 Å². The standard InChI is InChI=1S/C17H18O4S/c1-12-2-4-13(5-3-12)10-20-17(18)21-11-15-16-14(6-8-19-15)7-9-22-16/h2-5,7,9,15H,6,8,10-11H2,1H3/t15-/m0/s1. The molecule has 0 fully saturated rings. The third-order valence-electron chi connectivity index (χ3n) is 3.59. The van der Waals surface area contributed by atoms with Crippen LogP contribution in [0.25, 0.3) is 0 Å². The lowest BCUT2D eigenvalue weighted by atomic mass is 10.1. The van der Waals surface area contributed by atoms with Crippen molar-refractivity contribution in [1.29, 1.82) is 0 Å². The zero-order chi connectivity index (χ0) is 15.4. The maximum absolute atomic E-state index is 11.7. The maximum atomic E-state index is 11.7. The van der Waals surface area contributed by atoms with E-state index < -0.39 is 6.16 Å². The highest BCUT2D eigenvalue weighted by molar-refractivity contribution is 7.10. The van der Waals surface area contributed by atoms with Crippen molar-refractivity contribution in [2.24, 2.45) is 0 Å². The van der Waals surface area contributed by atoms with Gasteiger partial charge in [-0.05, 0) is 35.9 Å². The average Bonchev–Trinajstić information content (AvgIpc) is 3.01. The summed E-state index contributed by atoms with van der Waals surface area (Å²) in [6.07, 6.45) is 0.0937. The molecule has 22 heavy (non-hydrogen) atoms. The molecular formula is C17H18O4S. The number of carbonyl (C=O) groups excluding carboxylic acids is 1. The zero-order valence-corrected chi connectivity index (χ0v) is 13.2. The van der Waals surface area contributed by atoms with Crippen molar-refractivity contribution in [3.63, 3.8) is 0 Å². The number of benzene rings is 1. The molecular weight excluding hydrogens is 300 g/mol. The van der Waals surface area contributed by atoms with Crippen molar-refractivity contribution in [3.05, 3.63) is 57.3 Å². The van der Waals surface area contributed by atoms with Crippen molar-refractivity contribution < 1.29 is 19.0 Å². The lowest BCUT2D eigenvalue weighted by Crippen LogP contribution is -2.20. The molecule has 116 valence electrons. The summed E-state index contributed by atoms with van der Waals surface area (Å²) in [4.78, 5) is 12.8. The number of fused-ring (bicyclic) bond motifs is 1. The molecule has 3 rings (SSSR count). The van der Waals surface area contributed by atoms with E-state index in [1.54, 1.807) is 11.3 Å². The molecule has 1 aromatic carbocycles. The summed E-state index contributed by atoms with van der Waals surface area (Å²) < 4.78 is 16.0. The van der Waals surface area contributed by atoms with Gasteiger partial charge in [-0.15, -0.1) is 11.3 Å². The Labute approximate surface area is 133 Å². The maximum Gasteiger partial charge on any atom is 0.508 e. The third-order valence-corrected chi connectivity index (χ3v) is 4.64. The van der Waals surface area contributed by atoms with E-state index in [-0.39, 0.29) is 19.3 Å². The second-order valence-electron chi connectivity index (χ2n) is 5.25. The Morgan fingerprint density at radius 2 is 2.09 bits per heavy atom. The average molecular weight is 318 g/mol. The molecule has 0 saturated heterocycles. The topological polar surface area (TPSA) is 44.8 Å². The molecule has 0 aliphatic carbocycles. The van der Waals surface area contributed by atoms with Crippen LogP contribution in [0, 0.1) is 6.92 Å². The van der Waals surface area contributed by atoms with E-state index >= 15 is 0 Å². The van der Waals surface area contributed by atoms with Gasteiger partial charge in [-0.1, -0.05) is 29.8 Å². The number of thiophene rings is 1. The Balaban J connectivity index is 1.46. The Kier molecular flexibility index (Phi) is 4.75. The van der Waals surface area contributed by atoms with Crippen LogP contribution in [-0.4, -0.2) is 19.4 Å². The Morgan fingerprint density at radius 3 is 2.91 bits per heavy atom. The lowest BCUT2D eigenvalue weighted by Gasteiger charge is -2.22. The molecule has 2 aromatic rings. The van der Waals surface area contributed by atoms with E-state index in [9.17, 15) is 4.79 Å². The van der Waals surface area contributed by atoms with Gasteiger partial charge >= 0.3 is 6.16 Å². The predicted octanol–water partition coefficient (Wildman–Crippen LogP) is 4.02. The Morgan fingerprint density at radius 1 is 1.27 bits per heavy atom. The van der Waals surface area contributed by atoms with Crippen molar-refractivity contribution in [1.82, 2.24) is 0 Å². The molecule has 2 heterocycles. The molecule has 5 heteroatoms. The first-order valence-electron chi connectivity index (χ1n) is 7.25. The molecule has 0 spiro atoms. The molecule has 0 unspecified atom stereocenters. The molecule has 1 aliphatic rings. The second-order valence-corrected chi connectivity index (χ2v) is 6.20. The van der Waals surface area contributed by atoms with Crippen molar-refractivity contribution in [2.45, 2.75) is 26.1 Å². The minimum atomic E-state index is -0.659. The molecule has 0 radical (unpaired) electrons. The van der Waals surface area contributed by atoms with Gasteiger partial charge in [0, 0.05) is 4.88 Å². The van der Waals surface area contributed by atoms with Crippen LogP contribution in [0.2, 0.25) is 0 Å². The second kappa shape index (κ2) is 6.94. The van der Waals surface area contributed by atoms with Gasteiger partial charge in [0.2, 0.25) is 0 Å². The van der Waals surface area contributed by atoms with E-state index in [1.807, 2.05) is 36.6 Å². The highest BCUT2D eigenvalue weighted by Gasteiger charge is 2.23. The minimum absolute atomic E-state index is 0.171.